The van der Waals surface area contributed by atoms with Crippen molar-refractivity contribution in [3.05, 3.63) is 23.8 Å². The number of nitrogens with two attached hydrogens (primary N) is 2. The molecule has 0 saturated carbocycles. The molecule has 4 atom stereocenters. The summed E-state index contributed by atoms with van der Waals surface area (Å²) in [5.74, 6) is 0. The lowest BCUT2D eigenvalue weighted by Crippen LogP contribution is -2.35. The van der Waals surface area contributed by atoms with Crippen LogP contribution in [0.5, 0.6) is 0 Å². The van der Waals surface area contributed by atoms with Gasteiger partial charge >= 0.3 is 0 Å². The second-order valence-electron chi connectivity index (χ2n) is 4.30. The fraction of sp³-hybridized carbons (Fsp3) is 0.455. The van der Waals surface area contributed by atoms with E-state index in [2.05, 4.69) is 5.32 Å². The number of hydrogen-bond donors (Lipinski definition) is 6. The zero-order chi connectivity index (χ0) is 12.6. The summed E-state index contributed by atoms with van der Waals surface area (Å²) in [6.07, 6.45) is -1.97. The van der Waals surface area contributed by atoms with Crippen molar-refractivity contribution in [3.63, 3.8) is 0 Å². The molecule has 94 valence electrons. The first kappa shape index (κ1) is 12.1. The smallest absolute Gasteiger partial charge is 0.101 e. The van der Waals surface area contributed by atoms with Crippen LogP contribution < -0.4 is 16.8 Å². The quantitative estimate of drug-likeness (QED) is 0.352. The fourth-order valence-electron chi connectivity index (χ4n) is 2.10. The molecule has 2 rings (SSSR count). The van der Waals surface area contributed by atoms with Crippen LogP contribution in [0, 0.1) is 0 Å². The van der Waals surface area contributed by atoms with Crippen LogP contribution in [-0.2, 0) is 0 Å². The van der Waals surface area contributed by atoms with Crippen LogP contribution in [0.15, 0.2) is 18.2 Å². The van der Waals surface area contributed by atoms with Crippen LogP contribution in [0.2, 0.25) is 0 Å². The lowest BCUT2D eigenvalue weighted by molar-refractivity contribution is 0.0194. The first-order chi connectivity index (χ1) is 8.04. The Morgan fingerprint density at radius 3 is 2.35 bits per heavy atom. The van der Waals surface area contributed by atoms with Crippen molar-refractivity contribution < 1.29 is 15.3 Å². The van der Waals surface area contributed by atoms with E-state index < -0.39 is 24.3 Å². The average Bonchev–Trinajstić information content (AvgIpc) is 2.60. The molecule has 0 aliphatic carbocycles. The molecule has 1 saturated heterocycles. The predicted octanol–water partition coefficient (Wildman–Crippen LogP) is -1.42. The van der Waals surface area contributed by atoms with Gasteiger partial charge in [-0.15, -0.1) is 0 Å². The van der Waals surface area contributed by atoms with E-state index in [4.69, 9.17) is 16.6 Å². The number of hydrogen-bond acceptors (Lipinski definition) is 6. The molecule has 1 aromatic carbocycles. The van der Waals surface area contributed by atoms with Gasteiger partial charge in [0.2, 0.25) is 0 Å². The van der Waals surface area contributed by atoms with E-state index in [1.807, 2.05) is 0 Å². The molecular weight excluding hydrogens is 222 g/mol. The fourth-order valence-corrected chi connectivity index (χ4v) is 2.10. The minimum absolute atomic E-state index is 0.237. The minimum atomic E-state index is -0.997. The van der Waals surface area contributed by atoms with Crippen LogP contribution >= 0.6 is 0 Å². The molecule has 0 radical (unpaired) electrons. The highest BCUT2D eigenvalue weighted by Gasteiger charge is 2.41. The third-order valence-electron chi connectivity index (χ3n) is 3.16. The second-order valence-corrected chi connectivity index (χ2v) is 4.30. The molecule has 1 heterocycles. The van der Waals surface area contributed by atoms with Crippen molar-refractivity contribution in [1.29, 1.82) is 0 Å². The summed E-state index contributed by atoms with van der Waals surface area (Å²) >= 11 is 0. The van der Waals surface area contributed by atoms with Gasteiger partial charge in [-0.1, -0.05) is 6.07 Å². The predicted molar refractivity (Wildman–Crippen MR) is 64.0 cm³/mol. The minimum Gasteiger partial charge on any atom is -0.397 e. The van der Waals surface area contributed by atoms with Crippen LogP contribution in [-0.4, -0.2) is 40.2 Å². The van der Waals surface area contributed by atoms with Gasteiger partial charge in [-0.25, -0.2) is 0 Å². The largest absolute Gasteiger partial charge is 0.397 e. The summed E-state index contributed by atoms with van der Waals surface area (Å²) in [5, 5.41) is 31.6. The maximum absolute atomic E-state index is 9.88. The van der Waals surface area contributed by atoms with Crippen molar-refractivity contribution in [3.8, 4) is 0 Å². The van der Waals surface area contributed by atoms with Crippen molar-refractivity contribution in [2.24, 2.45) is 0 Å². The van der Waals surface area contributed by atoms with E-state index in [-0.39, 0.29) is 6.61 Å². The second kappa shape index (κ2) is 4.50. The molecule has 0 unspecified atom stereocenters. The molecule has 1 fully saturated rings. The first-order valence-electron chi connectivity index (χ1n) is 5.42. The Morgan fingerprint density at radius 2 is 1.82 bits per heavy atom. The summed E-state index contributed by atoms with van der Waals surface area (Å²) < 4.78 is 0. The zero-order valence-electron chi connectivity index (χ0n) is 9.24. The molecule has 0 bridgehead atoms. The molecule has 0 amide bonds. The Balaban J connectivity index is 2.25. The summed E-state index contributed by atoms with van der Waals surface area (Å²) in [5.41, 5.74) is 12.9. The molecular formula is C11H17N3O3. The van der Waals surface area contributed by atoms with E-state index in [9.17, 15) is 10.2 Å². The number of aliphatic hydroxyl groups excluding tert-OH is 3. The van der Waals surface area contributed by atoms with Gasteiger partial charge in [-0.2, -0.15) is 0 Å². The van der Waals surface area contributed by atoms with Crippen molar-refractivity contribution >= 4 is 11.4 Å². The molecule has 8 N–H and O–H groups in total. The van der Waals surface area contributed by atoms with Crippen molar-refractivity contribution in [2.75, 3.05) is 18.1 Å². The van der Waals surface area contributed by atoms with Crippen LogP contribution in [0.3, 0.4) is 0 Å². The average molecular weight is 239 g/mol. The van der Waals surface area contributed by atoms with Gasteiger partial charge in [0, 0.05) is 0 Å². The standard InChI is InChI=1S/C11H17N3O3/c12-6-2-1-5(3-7(6)13)9-11(17)10(16)8(4-15)14-9/h1-3,8-11,14-17H,4,12-13H2/t8-,9+,10-,11+/m1/s1. The lowest BCUT2D eigenvalue weighted by Gasteiger charge is -2.17. The van der Waals surface area contributed by atoms with Gasteiger partial charge in [0.15, 0.2) is 0 Å². The molecule has 6 nitrogen and oxygen atoms in total. The Kier molecular flexibility index (Phi) is 3.21. The maximum atomic E-state index is 9.88. The third kappa shape index (κ3) is 2.07. The Morgan fingerprint density at radius 1 is 1.12 bits per heavy atom. The highest BCUT2D eigenvalue weighted by atomic mass is 16.3. The number of nitrogens with one attached hydrogen (secondary N) is 1. The third-order valence-corrected chi connectivity index (χ3v) is 3.16. The summed E-state index contributed by atoms with van der Waals surface area (Å²) in [4.78, 5) is 0. The molecule has 0 spiro atoms. The summed E-state index contributed by atoms with van der Waals surface area (Å²) in [6.45, 7) is -0.237. The van der Waals surface area contributed by atoms with Gasteiger partial charge in [-0.3, -0.25) is 0 Å². The van der Waals surface area contributed by atoms with E-state index >= 15 is 0 Å². The zero-order valence-corrected chi connectivity index (χ0v) is 9.24. The topological polar surface area (TPSA) is 125 Å². The monoisotopic (exact) mass is 239 g/mol. The lowest BCUT2D eigenvalue weighted by atomic mass is 10.0. The normalized spacial score (nSPS) is 32.9. The molecule has 1 aliphatic heterocycles. The SMILES string of the molecule is Nc1ccc([C@@H]2N[C@H](CO)[C@@H](O)[C@H]2O)cc1N. The Bertz CT molecular complexity index is 413. The molecule has 1 aromatic rings. The maximum Gasteiger partial charge on any atom is 0.101 e. The number of anilines is 2. The van der Waals surface area contributed by atoms with Crippen LogP contribution in [0.1, 0.15) is 11.6 Å². The molecule has 0 aromatic heterocycles. The van der Waals surface area contributed by atoms with E-state index in [1.165, 1.54) is 0 Å². The molecule has 17 heavy (non-hydrogen) atoms. The van der Waals surface area contributed by atoms with Gasteiger partial charge in [0.1, 0.15) is 6.10 Å². The Labute approximate surface area is 98.9 Å². The number of benzene rings is 1. The first-order valence-corrected chi connectivity index (χ1v) is 5.42. The van der Waals surface area contributed by atoms with E-state index in [0.717, 1.165) is 5.56 Å². The van der Waals surface area contributed by atoms with Crippen LogP contribution in [0.25, 0.3) is 0 Å². The Hall–Kier alpha value is -1.34. The van der Waals surface area contributed by atoms with Gasteiger partial charge in [0.25, 0.3) is 0 Å². The van der Waals surface area contributed by atoms with Crippen molar-refractivity contribution in [1.82, 2.24) is 5.32 Å². The highest BCUT2D eigenvalue weighted by Crippen LogP contribution is 2.30. The number of aliphatic hydroxyl groups is 3. The summed E-state index contributed by atoms with van der Waals surface area (Å²) in [6, 6.07) is 4.05. The summed E-state index contributed by atoms with van der Waals surface area (Å²) in [7, 11) is 0. The molecule has 6 heteroatoms. The number of nitrogen functional groups attached to an aromatic ring is 2. The van der Waals surface area contributed by atoms with E-state index in [1.54, 1.807) is 18.2 Å². The van der Waals surface area contributed by atoms with Gasteiger partial charge in [0.05, 0.1) is 36.2 Å². The highest BCUT2D eigenvalue weighted by molar-refractivity contribution is 5.64. The number of rotatable bonds is 2. The van der Waals surface area contributed by atoms with E-state index in [0.29, 0.717) is 11.4 Å². The molecule has 1 aliphatic rings. The van der Waals surface area contributed by atoms with Gasteiger partial charge < -0.3 is 32.1 Å². The van der Waals surface area contributed by atoms with Crippen molar-refractivity contribution in [2.45, 2.75) is 24.3 Å². The van der Waals surface area contributed by atoms with Crippen LogP contribution in [0.4, 0.5) is 11.4 Å². The van der Waals surface area contributed by atoms with Gasteiger partial charge in [-0.05, 0) is 17.7 Å².